The number of methoxy groups -OCH3 is 1. The molecule has 0 aliphatic rings. The Labute approximate surface area is 181 Å². The Bertz CT molecular complexity index is 1020. The van der Waals surface area contributed by atoms with Crippen LogP contribution < -0.4 is 21.1 Å². The van der Waals surface area contributed by atoms with Crippen LogP contribution in [-0.2, 0) is 9.59 Å². The number of amides is 2. The number of hydrogen-bond donors (Lipinski definition) is 3. The van der Waals surface area contributed by atoms with Gasteiger partial charge in [0.25, 0.3) is 0 Å². The van der Waals surface area contributed by atoms with Crippen molar-refractivity contribution in [2.24, 2.45) is 11.7 Å². The highest BCUT2D eigenvalue weighted by Gasteiger charge is 2.19. The Hall–Kier alpha value is -3.10. The molecule has 4 N–H and O–H groups in total. The van der Waals surface area contributed by atoms with Gasteiger partial charge in [0.2, 0.25) is 17.8 Å². The maximum absolute atomic E-state index is 12.4. The predicted molar refractivity (Wildman–Crippen MR) is 119 cm³/mol. The third-order valence-corrected chi connectivity index (χ3v) is 4.59. The number of carbonyl (C=O) groups is 2. The fraction of sp³-hybridized carbons (Fsp3) is 0.286. The van der Waals surface area contributed by atoms with E-state index in [1.165, 1.54) is 0 Å². The van der Waals surface area contributed by atoms with Crippen LogP contribution in [-0.4, -0.2) is 41.1 Å². The maximum Gasteiger partial charge on any atom is 0.246 e. The number of para-hydroxylation sites is 2. The average Bonchev–Trinajstić information content (AvgIpc) is 3.09. The second-order valence-corrected chi connectivity index (χ2v) is 6.99. The van der Waals surface area contributed by atoms with E-state index in [1.54, 1.807) is 7.11 Å². The molecule has 0 spiro atoms. The minimum atomic E-state index is -0.660. The van der Waals surface area contributed by atoms with E-state index in [0.29, 0.717) is 5.95 Å². The highest BCUT2D eigenvalue weighted by Crippen LogP contribution is 2.25. The van der Waals surface area contributed by atoms with Gasteiger partial charge >= 0.3 is 0 Å². The van der Waals surface area contributed by atoms with Crippen LogP contribution in [0.3, 0.4) is 0 Å². The molecule has 9 heteroatoms. The lowest BCUT2D eigenvalue weighted by Gasteiger charge is -2.15. The number of halogens is 1. The maximum atomic E-state index is 12.4. The molecule has 2 amide bonds. The van der Waals surface area contributed by atoms with Crippen LogP contribution in [0.15, 0.2) is 48.5 Å². The molecule has 1 aromatic heterocycles. The van der Waals surface area contributed by atoms with Crippen molar-refractivity contribution < 1.29 is 14.3 Å². The Morgan fingerprint density at radius 2 is 1.80 bits per heavy atom. The van der Waals surface area contributed by atoms with E-state index in [-0.39, 0.29) is 36.7 Å². The lowest BCUT2D eigenvalue weighted by molar-refractivity contribution is -0.125. The summed E-state index contributed by atoms with van der Waals surface area (Å²) >= 11 is 0. The first kappa shape index (κ1) is 23.2. The summed E-state index contributed by atoms with van der Waals surface area (Å²) in [7, 11) is 1.60. The van der Waals surface area contributed by atoms with Crippen LogP contribution >= 0.6 is 12.4 Å². The molecule has 160 valence electrons. The van der Waals surface area contributed by atoms with E-state index in [2.05, 4.69) is 15.6 Å². The molecule has 0 bridgehead atoms. The van der Waals surface area contributed by atoms with Gasteiger partial charge in [-0.15, -0.1) is 12.4 Å². The summed E-state index contributed by atoms with van der Waals surface area (Å²) in [6, 6.07) is 14.4. The molecular formula is C21H26ClN5O3. The van der Waals surface area contributed by atoms with Crippen molar-refractivity contribution >= 4 is 41.2 Å². The molecule has 0 radical (unpaired) electrons. The van der Waals surface area contributed by atoms with Crippen molar-refractivity contribution in [2.75, 3.05) is 19.0 Å². The quantitative estimate of drug-likeness (QED) is 0.532. The van der Waals surface area contributed by atoms with Crippen molar-refractivity contribution in [3.05, 3.63) is 48.5 Å². The first-order valence-electron chi connectivity index (χ1n) is 9.35. The second kappa shape index (κ2) is 10.1. The van der Waals surface area contributed by atoms with Crippen molar-refractivity contribution in [1.29, 1.82) is 0 Å². The number of rotatable bonds is 7. The van der Waals surface area contributed by atoms with Crippen molar-refractivity contribution in [1.82, 2.24) is 14.9 Å². The number of aromatic nitrogens is 2. The van der Waals surface area contributed by atoms with Crippen LogP contribution in [0.5, 0.6) is 5.75 Å². The first-order chi connectivity index (χ1) is 13.9. The van der Waals surface area contributed by atoms with E-state index in [0.717, 1.165) is 22.5 Å². The highest BCUT2D eigenvalue weighted by molar-refractivity contribution is 5.96. The third-order valence-electron chi connectivity index (χ3n) is 4.59. The first-order valence-corrected chi connectivity index (χ1v) is 9.35. The van der Waals surface area contributed by atoms with E-state index in [1.807, 2.05) is 66.9 Å². The lowest BCUT2D eigenvalue weighted by Crippen LogP contribution is -2.46. The van der Waals surface area contributed by atoms with Gasteiger partial charge in [-0.2, -0.15) is 0 Å². The number of carbonyl (C=O) groups excluding carboxylic acids is 2. The van der Waals surface area contributed by atoms with Gasteiger partial charge in [-0.1, -0.05) is 26.0 Å². The summed E-state index contributed by atoms with van der Waals surface area (Å²) in [6.07, 6.45) is 0. The van der Waals surface area contributed by atoms with Gasteiger partial charge in [0.1, 0.15) is 5.75 Å². The van der Waals surface area contributed by atoms with E-state index >= 15 is 0 Å². The highest BCUT2D eigenvalue weighted by atomic mass is 35.5. The van der Waals surface area contributed by atoms with Gasteiger partial charge in [-0.25, -0.2) is 4.98 Å². The number of ether oxygens (including phenoxy) is 1. The summed E-state index contributed by atoms with van der Waals surface area (Å²) in [4.78, 5) is 28.9. The van der Waals surface area contributed by atoms with Gasteiger partial charge in [0.15, 0.2) is 0 Å². The minimum absolute atomic E-state index is 0. The summed E-state index contributed by atoms with van der Waals surface area (Å²) in [5, 5.41) is 5.34. The lowest BCUT2D eigenvalue weighted by atomic mass is 10.1. The predicted octanol–water partition coefficient (Wildman–Crippen LogP) is 2.49. The third kappa shape index (κ3) is 5.08. The van der Waals surface area contributed by atoms with Gasteiger partial charge in [-0.3, -0.25) is 19.5 Å². The van der Waals surface area contributed by atoms with Crippen LogP contribution in [0.1, 0.15) is 13.8 Å². The van der Waals surface area contributed by atoms with Crippen LogP contribution in [0.4, 0.5) is 5.95 Å². The number of hydrogen-bond acceptors (Lipinski definition) is 5. The van der Waals surface area contributed by atoms with Crippen LogP contribution in [0, 0.1) is 5.92 Å². The summed E-state index contributed by atoms with van der Waals surface area (Å²) in [5.41, 5.74) is 8.21. The van der Waals surface area contributed by atoms with Crippen LogP contribution in [0.25, 0.3) is 16.7 Å². The van der Waals surface area contributed by atoms with Crippen molar-refractivity contribution in [3.8, 4) is 11.4 Å². The molecule has 0 unspecified atom stereocenters. The molecule has 0 aliphatic carbocycles. The summed E-state index contributed by atoms with van der Waals surface area (Å²) < 4.78 is 7.06. The standard InChI is InChI=1S/C21H25N5O3.ClH/c1-13(2)19(22)20(28)23-12-18(27)25-21-24-16-6-4-5-7-17(16)26(21)14-8-10-15(29-3)11-9-14;/h4-11,13,19H,12,22H2,1-3H3,(H,23,28)(H,24,25,27);1H/t19-;/m0./s1. The SMILES string of the molecule is COc1ccc(-n2c(NC(=O)CNC(=O)[C@@H](N)C(C)C)nc3ccccc32)cc1.Cl. The molecule has 8 nitrogen and oxygen atoms in total. The second-order valence-electron chi connectivity index (χ2n) is 6.99. The molecular weight excluding hydrogens is 406 g/mol. The van der Waals surface area contributed by atoms with Crippen LogP contribution in [0.2, 0.25) is 0 Å². The Morgan fingerprint density at radius 1 is 1.13 bits per heavy atom. The van der Waals surface area contributed by atoms with Gasteiger partial charge < -0.3 is 15.8 Å². The zero-order chi connectivity index (χ0) is 21.0. The van der Waals surface area contributed by atoms with Crippen molar-refractivity contribution in [2.45, 2.75) is 19.9 Å². The molecule has 3 aromatic rings. The molecule has 0 fully saturated rings. The molecule has 30 heavy (non-hydrogen) atoms. The Balaban J connectivity index is 0.00000320. The molecule has 0 aliphatic heterocycles. The fourth-order valence-electron chi connectivity index (χ4n) is 2.86. The smallest absolute Gasteiger partial charge is 0.246 e. The number of imidazole rings is 1. The monoisotopic (exact) mass is 431 g/mol. The number of anilines is 1. The van der Waals surface area contributed by atoms with Gasteiger partial charge in [0.05, 0.1) is 30.7 Å². The number of nitrogens with zero attached hydrogens (tertiary/aromatic N) is 2. The van der Waals surface area contributed by atoms with E-state index in [4.69, 9.17) is 10.5 Å². The van der Waals surface area contributed by atoms with Gasteiger partial charge in [0, 0.05) is 5.69 Å². The van der Waals surface area contributed by atoms with E-state index < -0.39 is 6.04 Å². The average molecular weight is 432 g/mol. The largest absolute Gasteiger partial charge is 0.497 e. The molecule has 0 saturated heterocycles. The summed E-state index contributed by atoms with van der Waals surface area (Å²) in [6.45, 7) is 3.51. The zero-order valence-electron chi connectivity index (χ0n) is 17.1. The van der Waals surface area contributed by atoms with Gasteiger partial charge in [-0.05, 0) is 42.3 Å². The molecule has 1 atom stereocenters. The zero-order valence-corrected chi connectivity index (χ0v) is 17.9. The number of nitrogens with one attached hydrogen (secondary N) is 2. The van der Waals surface area contributed by atoms with E-state index in [9.17, 15) is 9.59 Å². The number of fused-ring (bicyclic) bond motifs is 1. The molecule has 0 saturated carbocycles. The Kier molecular flexibility index (Phi) is 7.79. The normalized spacial score (nSPS) is 11.6. The fourth-order valence-corrected chi connectivity index (χ4v) is 2.86. The number of benzene rings is 2. The molecule has 1 heterocycles. The Morgan fingerprint density at radius 3 is 2.43 bits per heavy atom. The number of nitrogens with two attached hydrogens (primary N) is 1. The summed E-state index contributed by atoms with van der Waals surface area (Å²) in [5.74, 6) is 0.326. The topological polar surface area (TPSA) is 111 Å². The minimum Gasteiger partial charge on any atom is -0.497 e. The molecule has 3 rings (SSSR count). The van der Waals surface area contributed by atoms with Crippen molar-refractivity contribution in [3.63, 3.8) is 0 Å². The molecule has 2 aromatic carbocycles.